The third-order valence-electron chi connectivity index (χ3n) is 1.89. The molecular weight excluding hydrogens is 324 g/mol. The molecule has 8 heteroatoms. The molecule has 100 valence electrons. The molecule has 1 aromatic rings. The fourth-order valence-electron chi connectivity index (χ4n) is 1.10. The lowest BCUT2D eigenvalue weighted by molar-refractivity contribution is -0.200. The molecule has 3 nitrogen and oxygen atoms in total. The van der Waals surface area contributed by atoms with Crippen molar-refractivity contribution in [3.63, 3.8) is 0 Å². The van der Waals surface area contributed by atoms with Crippen LogP contribution in [0.15, 0.2) is 22.7 Å². The van der Waals surface area contributed by atoms with Crippen LogP contribution in [0.25, 0.3) is 0 Å². The van der Waals surface area contributed by atoms with Gasteiger partial charge in [-0.05, 0) is 28.1 Å². The first-order valence-electron chi connectivity index (χ1n) is 4.60. The van der Waals surface area contributed by atoms with Crippen LogP contribution in [0.3, 0.4) is 0 Å². The van der Waals surface area contributed by atoms with Gasteiger partial charge < -0.3 is 9.84 Å². The summed E-state index contributed by atoms with van der Waals surface area (Å²) in [6.45, 7) is 0. The second-order valence-electron chi connectivity index (χ2n) is 3.32. The van der Waals surface area contributed by atoms with Gasteiger partial charge in [-0.25, -0.2) is 4.39 Å². The van der Waals surface area contributed by atoms with Gasteiger partial charge in [0.05, 0.1) is 10.9 Å². The van der Waals surface area contributed by atoms with Gasteiger partial charge in [-0.15, -0.1) is 0 Å². The second kappa shape index (κ2) is 5.55. The zero-order chi connectivity index (χ0) is 13.9. The fraction of sp³-hybridized carbons (Fsp3) is 0.300. The molecule has 0 bridgehead atoms. The molecule has 1 rings (SSSR count). The van der Waals surface area contributed by atoms with Gasteiger partial charge in [-0.1, -0.05) is 0 Å². The van der Waals surface area contributed by atoms with Crippen LogP contribution in [0.5, 0.6) is 5.75 Å². The highest BCUT2D eigenvalue weighted by atomic mass is 79.9. The van der Waals surface area contributed by atoms with E-state index in [2.05, 4.69) is 20.7 Å². The molecule has 1 N–H and O–H groups in total. The first-order valence-corrected chi connectivity index (χ1v) is 5.39. The van der Waals surface area contributed by atoms with Crippen LogP contribution in [0.1, 0.15) is 6.42 Å². The number of aliphatic carboxylic acids is 1. The van der Waals surface area contributed by atoms with E-state index in [0.29, 0.717) is 0 Å². The molecule has 1 unspecified atom stereocenters. The summed E-state index contributed by atoms with van der Waals surface area (Å²) >= 11 is 2.89. The molecule has 0 radical (unpaired) electrons. The van der Waals surface area contributed by atoms with Crippen molar-refractivity contribution < 1.29 is 32.2 Å². The van der Waals surface area contributed by atoms with E-state index in [1.165, 1.54) is 6.07 Å². The molecule has 0 aromatic heterocycles. The van der Waals surface area contributed by atoms with Crippen LogP contribution >= 0.6 is 15.9 Å². The van der Waals surface area contributed by atoms with Crippen molar-refractivity contribution in [3.05, 3.63) is 28.5 Å². The van der Waals surface area contributed by atoms with Gasteiger partial charge in [-0.3, -0.25) is 4.79 Å². The van der Waals surface area contributed by atoms with Crippen molar-refractivity contribution in [1.82, 2.24) is 0 Å². The van der Waals surface area contributed by atoms with E-state index in [9.17, 15) is 22.4 Å². The van der Waals surface area contributed by atoms with Gasteiger partial charge in [0.1, 0.15) is 11.6 Å². The Kier molecular flexibility index (Phi) is 4.55. The van der Waals surface area contributed by atoms with Crippen molar-refractivity contribution in [3.8, 4) is 5.75 Å². The average molecular weight is 331 g/mol. The molecule has 1 atom stereocenters. The standard InChI is InChI=1S/C10H7BrF4O3/c11-6-2-1-5(12)3-7(6)18-8(4-9(16)17)10(13,14)15/h1-3,8H,4H2,(H,16,17). The van der Waals surface area contributed by atoms with Gasteiger partial charge in [-0.2, -0.15) is 13.2 Å². The monoisotopic (exact) mass is 330 g/mol. The highest BCUT2D eigenvalue weighted by molar-refractivity contribution is 9.10. The quantitative estimate of drug-likeness (QED) is 0.861. The number of benzene rings is 1. The molecule has 0 aliphatic heterocycles. The van der Waals surface area contributed by atoms with Crippen LogP contribution in [0.2, 0.25) is 0 Å². The summed E-state index contributed by atoms with van der Waals surface area (Å²) in [5.41, 5.74) is 0. The maximum absolute atomic E-state index is 12.9. The van der Waals surface area contributed by atoms with Gasteiger partial charge in [0.15, 0.2) is 0 Å². The Hall–Kier alpha value is -1.31. The number of alkyl halides is 3. The Morgan fingerprint density at radius 1 is 1.44 bits per heavy atom. The Labute approximate surface area is 107 Å². The summed E-state index contributed by atoms with van der Waals surface area (Å²) in [7, 11) is 0. The molecule has 0 amide bonds. The smallest absolute Gasteiger partial charge is 0.426 e. The summed E-state index contributed by atoms with van der Waals surface area (Å²) < 4.78 is 55.0. The van der Waals surface area contributed by atoms with E-state index >= 15 is 0 Å². The number of carboxylic acid groups (broad SMARTS) is 1. The van der Waals surface area contributed by atoms with E-state index in [-0.39, 0.29) is 4.47 Å². The molecule has 0 saturated heterocycles. The fourth-order valence-corrected chi connectivity index (χ4v) is 1.44. The van der Waals surface area contributed by atoms with Gasteiger partial charge in [0.2, 0.25) is 6.10 Å². The molecule has 0 aliphatic carbocycles. The summed E-state index contributed by atoms with van der Waals surface area (Å²) in [5.74, 6) is -2.85. The number of carbonyl (C=O) groups is 1. The summed E-state index contributed by atoms with van der Waals surface area (Å²) in [6.07, 6.45) is -8.65. The van der Waals surface area contributed by atoms with Crippen LogP contribution < -0.4 is 4.74 Å². The Balaban J connectivity index is 2.96. The summed E-state index contributed by atoms with van der Waals surface area (Å²) in [4.78, 5) is 10.3. The minimum absolute atomic E-state index is 0.100. The van der Waals surface area contributed by atoms with Crippen molar-refractivity contribution in [2.45, 2.75) is 18.7 Å². The van der Waals surface area contributed by atoms with Crippen LogP contribution in [-0.4, -0.2) is 23.4 Å². The third-order valence-corrected chi connectivity index (χ3v) is 2.54. The molecular formula is C10H7BrF4O3. The maximum atomic E-state index is 12.9. The largest absolute Gasteiger partial charge is 0.481 e. The van der Waals surface area contributed by atoms with Crippen LogP contribution in [0.4, 0.5) is 17.6 Å². The number of rotatable bonds is 4. The van der Waals surface area contributed by atoms with Crippen LogP contribution in [0, 0.1) is 5.82 Å². The third kappa shape index (κ3) is 4.17. The zero-order valence-electron chi connectivity index (χ0n) is 8.67. The van der Waals surface area contributed by atoms with Gasteiger partial charge >= 0.3 is 12.1 Å². The zero-order valence-corrected chi connectivity index (χ0v) is 10.3. The number of carboxylic acids is 1. The van der Waals surface area contributed by atoms with Gasteiger partial charge in [0, 0.05) is 6.07 Å². The topological polar surface area (TPSA) is 46.5 Å². The lowest BCUT2D eigenvalue weighted by Gasteiger charge is -2.20. The lowest BCUT2D eigenvalue weighted by Crippen LogP contribution is -2.36. The molecule has 0 saturated carbocycles. The first-order chi connectivity index (χ1) is 8.20. The van der Waals surface area contributed by atoms with Gasteiger partial charge in [0.25, 0.3) is 0 Å². The predicted octanol–water partition coefficient (Wildman–Crippen LogP) is 3.37. The molecule has 0 spiro atoms. The minimum Gasteiger partial charge on any atom is -0.481 e. The van der Waals surface area contributed by atoms with E-state index in [4.69, 9.17) is 5.11 Å². The first kappa shape index (κ1) is 14.7. The molecule has 0 fully saturated rings. The Morgan fingerprint density at radius 3 is 2.56 bits per heavy atom. The van der Waals surface area contributed by atoms with E-state index in [0.717, 1.165) is 12.1 Å². The highest BCUT2D eigenvalue weighted by Crippen LogP contribution is 2.32. The van der Waals surface area contributed by atoms with Crippen molar-refractivity contribution >= 4 is 21.9 Å². The van der Waals surface area contributed by atoms with Crippen molar-refractivity contribution in [2.24, 2.45) is 0 Å². The molecule has 0 heterocycles. The molecule has 18 heavy (non-hydrogen) atoms. The summed E-state index contributed by atoms with van der Waals surface area (Å²) in [5, 5.41) is 8.38. The SMILES string of the molecule is O=C(O)CC(Oc1cc(F)ccc1Br)C(F)(F)F. The maximum Gasteiger partial charge on any atom is 0.426 e. The lowest BCUT2D eigenvalue weighted by atomic mass is 10.2. The predicted molar refractivity (Wildman–Crippen MR) is 56.8 cm³/mol. The number of halogens is 5. The normalized spacial score (nSPS) is 13.2. The number of ether oxygens (including phenoxy) is 1. The summed E-state index contributed by atoms with van der Waals surface area (Å²) in [6, 6.07) is 2.93. The second-order valence-corrected chi connectivity index (χ2v) is 4.18. The number of hydrogen-bond acceptors (Lipinski definition) is 2. The Morgan fingerprint density at radius 2 is 2.06 bits per heavy atom. The average Bonchev–Trinajstić information content (AvgIpc) is 2.20. The van der Waals surface area contributed by atoms with E-state index in [1.54, 1.807) is 0 Å². The van der Waals surface area contributed by atoms with E-state index in [1.807, 2.05) is 0 Å². The highest BCUT2D eigenvalue weighted by Gasteiger charge is 2.43. The van der Waals surface area contributed by atoms with Crippen molar-refractivity contribution in [1.29, 1.82) is 0 Å². The Bertz CT molecular complexity index is 447. The van der Waals surface area contributed by atoms with Crippen LogP contribution in [-0.2, 0) is 4.79 Å². The molecule has 1 aromatic carbocycles. The number of hydrogen-bond donors (Lipinski definition) is 1. The van der Waals surface area contributed by atoms with E-state index < -0.39 is 36.2 Å². The van der Waals surface area contributed by atoms with Crippen molar-refractivity contribution in [2.75, 3.05) is 0 Å². The minimum atomic E-state index is -4.86. The molecule has 0 aliphatic rings.